The SMILES string of the molecule is CCCCN(CC(=O)Nc1cc(C)on1)C(=O)c1ccc(F)cc1. The van der Waals surface area contributed by atoms with Crippen molar-refractivity contribution in [3.8, 4) is 0 Å². The number of hydrogen-bond acceptors (Lipinski definition) is 4. The number of carbonyl (C=O) groups is 2. The predicted octanol–water partition coefficient (Wildman–Crippen LogP) is 3.00. The molecule has 128 valence electrons. The molecule has 7 heteroatoms. The number of rotatable bonds is 7. The second kappa shape index (κ2) is 8.24. The van der Waals surface area contributed by atoms with Crippen LogP contribution in [0, 0.1) is 12.7 Å². The van der Waals surface area contributed by atoms with Crippen molar-refractivity contribution in [3.05, 3.63) is 47.5 Å². The van der Waals surface area contributed by atoms with Gasteiger partial charge in [0.25, 0.3) is 5.91 Å². The van der Waals surface area contributed by atoms with Crippen molar-refractivity contribution in [3.63, 3.8) is 0 Å². The summed E-state index contributed by atoms with van der Waals surface area (Å²) in [7, 11) is 0. The maximum Gasteiger partial charge on any atom is 0.254 e. The smallest absolute Gasteiger partial charge is 0.254 e. The molecule has 2 rings (SSSR count). The zero-order valence-corrected chi connectivity index (χ0v) is 13.7. The van der Waals surface area contributed by atoms with Crippen molar-refractivity contribution in [1.82, 2.24) is 10.1 Å². The molecular weight excluding hydrogens is 313 g/mol. The molecule has 1 heterocycles. The van der Waals surface area contributed by atoms with Crippen LogP contribution in [0.25, 0.3) is 0 Å². The largest absolute Gasteiger partial charge is 0.360 e. The number of aryl methyl sites for hydroxylation is 1. The number of aromatic nitrogens is 1. The topological polar surface area (TPSA) is 75.4 Å². The van der Waals surface area contributed by atoms with E-state index < -0.39 is 5.82 Å². The molecule has 0 aliphatic carbocycles. The third-order valence-corrected chi connectivity index (χ3v) is 3.39. The van der Waals surface area contributed by atoms with Gasteiger partial charge in [-0.3, -0.25) is 9.59 Å². The third kappa shape index (κ3) is 4.91. The Bertz CT molecular complexity index is 697. The summed E-state index contributed by atoms with van der Waals surface area (Å²) in [5.41, 5.74) is 0.345. The number of amides is 2. The zero-order valence-electron chi connectivity index (χ0n) is 13.7. The van der Waals surface area contributed by atoms with Gasteiger partial charge in [0.05, 0.1) is 0 Å². The van der Waals surface area contributed by atoms with Gasteiger partial charge in [-0.15, -0.1) is 0 Å². The summed E-state index contributed by atoms with van der Waals surface area (Å²) in [6.45, 7) is 4.05. The lowest BCUT2D eigenvalue weighted by atomic mass is 10.2. The molecule has 1 N–H and O–H groups in total. The maximum atomic E-state index is 13.0. The molecule has 6 nitrogen and oxygen atoms in total. The number of carbonyl (C=O) groups excluding carboxylic acids is 2. The van der Waals surface area contributed by atoms with Gasteiger partial charge in [0, 0.05) is 18.2 Å². The van der Waals surface area contributed by atoms with Crippen molar-refractivity contribution in [2.75, 3.05) is 18.4 Å². The van der Waals surface area contributed by atoms with E-state index >= 15 is 0 Å². The summed E-state index contributed by atoms with van der Waals surface area (Å²) in [5, 5.41) is 6.27. The normalized spacial score (nSPS) is 10.5. The van der Waals surface area contributed by atoms with Crippen molar-refractivity contribution in [2.24, 2.45) is 0 Å². The fourth-order valence-corrected chi connectivity index (χ4v) is 2.16. The predicted molar refractivity (Wildman–Crippen MR) is 87.1 cm³/mol. The molecule has 0 aliphatic rings. The number of anilines is 1. The molecule has 0 saturated heterocycles. The fourth-order valence-electron chi connectivity index (χ4n) is 2.16. The molecule has 0 bridgehead atoms. The lowest BCUT2D eigenvalue weighted by Gasteiger charge is -2.22. The molecule has 2 aromatic rings. The first-order chi connectivity index (χ1) is 11.5. The summed E-state index contributed by atoms with van der Waals surface area (Å²) >= 11 is 0. The highest BCUT2D eigenvalue weighted by atomic mass is 19.1. The molecule has 0 fully saturated rings. The summed E-state index contributed by atoms with van der Waals surface area (Å²) < 4.78 is 17.9. The van der Waals surface area contributed by atoms with Gasteiger partial charge in [-0.05, 0) is 37.6 Å². The number of nitrogens with one attached hydrogen (secondary N) is 1. The van der Waals surface area contributed by atoms with Crippen LogP contribution in [-0.2, 0) is 4.79 Å². The second-order valence-corrected chi connectivity index (χ2v) is 5.46. The van der Waals surface area contributed by atoms with Gasteiger partial charge in [0.1, 0.15) is 18.1 Å². The lowest BCUT2D eigenvalue weighted by Crippen LogP contribution is -2.38. The first-order valence-corrected chi connectivity index (χ1v) is 7.77. The molecular formula is C17H20FN3O3. The summed E-state index contributed by atoms with van der Waals surface area (Å²) in [5.74, 6) is -0.201. The minimum atomic E-state index is -0.411. The second-order valence-electron chi connectivity index (χ2n) is 5.46. The Hall–Kier alpha value is -2.70. The van der Waals surface area contributed by atoms with Crippen LogP contribution in [0.5, 0.6) is 0 Å². The minimum Gasteiger partial charge on any atom is -0.360 e. The van der Waals surface area contributed by atoms with Crippen molar-refractivity contribution >= 4 is 17.6 Å². The first kappa shape index (κ1) is 17.7. The minimum absolute atomic E-state index is 0.109. The van der Waals surface area contributed by atoms with Crippen LogP contribution < -0.4 is 5.32 Å². The molecule has 0 spiro atoms. The standard InChI is InChI=1S/C17H20FN3O3/c1-3-4-9-21(17(23)13-5-7-14(18)8-6-13)11-16(22)19-15-10-12(2)24-20-15/h5-8,10H,3-4,9,11H2,1-2H3,(H,19,20,22). The van der Waals surface area contributed by atoms with Gasteiger partial charge >= 0.3 is 0 Å². The van der Waals surface area contributed by atoms with Gasteiger partial charge in [-0.1, -0.05) is 18.5 Å². The Balaban J connectivity index is 2.05. The van der Waals surface area contributed by atoms with Crippen molar-refractivity contribution < 1.29 is 18.5 Å². The van der Waals surface area contributed by atoms with E-state index in [0.717, 1.165) is 12.8 Å². The van der Waals surface area contributed by atoms with Gasteiger partial charge < -0.3 is 14.7 Å². The van der Waals surface area contributed by atoms with Crippen LogP contribution in [-0.4, -0.2) is 35.0 Å². The van der Waals surface area contributed by atoms with E-state index in [1.807, 2.05) is 6.92 Å². The first-order valence-electron chi connectivity index (χ1n) is 7.77. The van der Waals surface area contributed by atoms with Crippen LogP contribution >= 0.6 is 0 Å². The van der Waals surface area contributed by atoms with E-state index in [-0.39, 0.29) is 18.4 Å². The quantitative estimate of drug-likeness (QED) is 0.845. The van der Waals surface area contributed by atoms with E-state index in [1.54, 1.807) is 13.0 Å². The number of nitrogens with zero attached hydrogens (tertiary/aromatic N) is 2. The Kier molecular flexibility index (Phi) is 6.06. The van der Waals surface area contributed by atoms with E-state index in [0.29, 0.717) is 23.7 Å². The van der Waals surface area contributed by atoms with Crippen molar-refractivity contribution in [2.45, 2.75) is 26.7 Å². The van der Waals surface area contributed by atoms with Crippen LogP contribution in [0.2, 0.25) is 0 Å². The number of halogens is 1. The summed E-state index contributed by atoms with van der Waals surface area (Å²) in [4.78, 5) is 26.1. The average Bonchev–Trinajstić information content (AvgIpc) is 2.96. The average molecular weight is 333 g/mol. The molecule has 1 aromatic carbocycles. The fraction of sp³-hybridized carbons (Fsp3) is 0.353. The van der Waals surface area contributed by atoms with E-state index in [9.17, 15) is 14.0 Å². The highest BCUT2D eigenvalue weighted by Crippen LogP contribution is 2.10. The Morgan fingerprint density at radius 1 is 1.29 bits per heavy atom. The van der Waals surface area contributed by atoms with Gasteiger partial charge in [0.2, 0.25) is 5.91 Å². The Morgan fingerprint density at radius 3 is 2.58 bits per heavy atom. The third-order valence-electron chi connectivity index (χ3n) is 3.39. The Labute approximate surface area is 139 Å². The zero-order chi connectivity index (χ0) is 17.5. The van der Waals surface area contributed by atoms with Gasteiger partial charge in [0.15, 0.2) is 5.82 Å². The van der Waals surface area contributed by atoms with Gasteiger partial charge in [-0.2, -0.15) is 0 Å². The molecule has 2 amide bonds. The van der Waals surface area contributed by atoms with Crippen LogP contribution in [0.4, 0.5) is 10.2 Å². The molecule has 24 heavy (non-hydrogen) atoms. The highest BCUT2D eigenvalue weighted by molar-refractivity contribution is 5.99. The number of hydrogen-bond donors (Lipinski definition) is 1. The van der Waals surface area contributed by atoms with Gasteiger partial charge in [-0.25, -0.2) is 4.39 Å². The molecule has 0 aliphatic heterocycles. The number of unbranched alkanes of at least 4 members (excludes halogenated alkanes) is 1. The van der Waals surface area contributed by atoms with Crippen LogP contribution in [0.1, 0.15) is 35.9 Å². The number of benzene rings is 1. The molecule has 0 radical (unpaired) electrons. The molecule has 0 unspecified atom stereocenters. The van der Waals surface area contributed by atoms with E-state index in [4.69, 9.17) is 4.52 Å². The maximum absolute atomic E-state index is 13.0. The van der Waals surface area contributed by atoms with Crippen LogP contribution in [0.3, 0.4) is 0 Å². The molecule has 0 atom stereocenters. The van der Waals surface area contributed by atoms with E-state index in [2.05, 4.69) is 10.5 Å². The Morgan fingerprint density at radius 2 is 2.00 bits per heavy atom. The molecule has 1 aromatic heterocycles. The summed E-state index contributed by atoms with van der Waals surface area (Å²) in [6, 6.07) is 6.87. The van der Waals surface area contributed by atoms with Crippen LogP contribution in [0.15, 0.2) is 34.9 Å². The monoisotopic (exact) mass is 333 g/mol. The summed E-state index contributed by atoms with van der Waals surface area (Å²) in [6.07, 6.45) is 1.65. The highest BCUT2D eigenvalue weighted by Gasteiger charge is 2.19. The van der Waals surface area contributed by atoms with E-state index in [1.165, 1.54) is 29.2 Å². The van der Waals surface area contributed by atoms with Crippen molar-refractivity contribution in [1.29, 1.82) is 0 Å². The lowest BCUT2D eigenvalue weighted by molar-refractivity contribution is -0.117. The molecule has 0 saturated carbocycles.